The maximum atomic E-state index is 12.1. The number of nitrogens with zero attached hydrogens (tertiary/aromatic N) is 12. The highest BCUT2D eigenvalue weighted by Gasteiger charge is 2.42. The number of pyridine rings is 4. The molecule has 12 heterocycles. The molecule has 4 fully saturated rings. The van der Waals surface area contributed by atoms with Crippen molar-refractivity contribution in [2.24, 2.45) is 23.7 Å². The van der Waals surface area contributed by atoms with Crippen LogP contribution in [0.3, 0.4) is 0 Å². The third-order valence-corrected chi connectivity index (χ3v) is 34.2. The van der Waals surface area contributed by atoms with Crippen LogP contribution in [0.25, 0.3) is 52.7 Å². The van der Waals surface area contributed by atoms with Gasteiger partial charge in [0.15, 0.2) is 0 Å². The van der Waals surface area contributed by atoms with E-state index in [9.17, 15) is 33.7 Å². The molecule has 0 bridgehead atoms. The van der Waals surface area contributed by atoms with Gasteiger partial charge in [-0.25, -0.2) is 70.8 Å². The molecule has 0 radical (unpaired) electrons. The molecule has 12 aromatic rings. The van der Waals surface area contributed by atoms with E-state index in [1.807, 2.05) is 104 Å². The number of halogens is 4. The lowest BCUT2D eigenvalue weighted by molar-refractivity contribution is 0.256. The first-order chi connectivity index (χ1) is 65.6. The van der Waals surface area contributed by atoms with E-state index in [2.05, 4.69) is 137 Å². The highest BCUT2D eigenvalue weighted by atomic mass is 35.5. The van der Waals surface area contributed by atoms with Crippen molar-refractivity contribution in [1.29, 1.82) is 0 Å². The minimum atomic E-state index is -3.18. The predicted octanol–water partition coefficient (Wildman–Crippen LogP) is 20.6. The van der Waals surface area contributed by atoms with Crippen molar-refractivity contribution in [1.82, 2.24) is 77.0 Å². The molecular weight excluding hydrogens is 1870 g/mol. The van der Waals surface area contributed by atoms with Gasteiger partial charge in [0, 0.05) is 162 Å². The fourth-order valence-electron chi connectivity index (χ4n) is 21.4. The van der Waals surface area contributed by atoms with Crippen LogP contribution in [0.4, 0.5) is 0 Å². The lowest BCUT2D eigenvalue weighted by Gasteiger charge is -2.35. The molecule has 8 aromatic heterocycles. The SMILES string of the molecule is CS(=O)(=O)N1CCC(C2c3ccc(Cl)cc3C=C(C/C=C/c3cnc[nH]3)c3cccnc32)CC1.CS(=O)(=O)N1CCC(C2c3ccc(Cl)cc3C=C(CCCc3cnc[nH]3)c3cccnc32)CC1.CS(=O)(=O)N1CCC(C2c3ccc(Cl)cc3C=C(CCCc3cnc[nH]3)c3cccnc32)CC1.CS(=O)(=O)N1CCC(C2c3ccc(Cl)cc3C=C(CCCc3cnc[nH]3)c3cccnc32)CC1. The Labute approximate surface area is 818 Å². The summed E-state index contributed by atoms with van der Waals surface area (Å²) in [5.74, 6) is 1.61. The minimum absolute atomic E-state index is 0.0792. The molecule has 0 saturated carbocycles. The van der Waals surface area contributed by atoms with Gasteiger partial charge in [-0.3, -0.25) is 19.9 Å². The summed E-state index contributed by atoms with van der Waals surface area (Å²) in [4.78, 5) is 48.7. The number of sulfonamides is 4. The maximum absolute atomic E-state index is 12.1. The van der Waals surface area contributed by atoms with E-state index >= 15 is 0 Å². The van der Waals surface area contributed by atoms with E-state index in [1.165, 1.54) is 86.3 Å². The minimum Gasteiger partial charge on any atom is -0.348 e. The summed E-state index contributed by atoms with van der Waals surface area (Å²) >= 11 is 25.7. The number of aromatic amines is 4. The van der Waals surface area contributed by atoms with Gasteiger partial charge in [-0.2, -0.15) is 0 Å². The summed E-state index contributed by atoms with van der Waals surface area (Å²) in [6.45, 7) is 4.39. The molecular formula is C104H114Cl4N16O8S4. The lowest BCUT2D eigenvalue weighted by atomic mass is 9.76. The lowest BCUT2D eigenvalue weighted by Crippen LogP contribution is -2.39. The number of fused-ring (bicyclic) bond motifs is 8. The summed E-state index contributed by atoms with van der Waals surface area (Å²) < 4.78 is 103. The van der Waals surface area contributed by atoms with Gasteiger partial charge >= 0.3 is 0 Å². The number of nitrogens with one attached hydrogen (secondary N) is 4. The van der Waals surface area contributed by atoms with Crippen LogP contribution in [0.15, 0.2) is 202 Å². The first-order valence-corrected chi connectivity index (χ1v) is 55.7. The van der Waals surface area contributed by atoms with E-state index in [0.29, 0.717) is 81.1 Å². The largest absolute Gasteiger partial charge is 0.348 e. The van der Waals surface area contributed by atoms with Crippen LogP contribution < -0.4 is 0 Å². The van der Waals surface area contributed by atoms with Gasteiger partial charge in [0.05, 0.1) is 85.0 Å². The summed E-state index contributed by atoms with van der Waals surface area (Å²) in [7, 11) is -12.7. The van der Waals surface area contributed by atoms with Crippen molar-refractivity contribution < 1.29 is 33.7 Å². The van der Waals surface area contributed by atoms with E-state index in [0.717, 1.165) is 204 Å². The van der Waals surface area contributed by atoms with Crippen LogP contribution in [-0.4, -0.2) is 188 Å². The molecule has 0 amide bonds. The number of allylic oxidation sites excluding steroid dienone is 5. The molecule has 4 saturated heterocycles. The summed E-state index contributed by atoms with van der Waals surface area (Å²) in [6, 6.07) is 41.2. The normalized spacial score (nSPS) is 19.3. The quantitative estimate of drug-likeness (QED) is 0.0462. The third-order valence-electron chi connectivity index (χ3n) is 28.0. The molecule has 0 spiro atoms. The van der Waals surface area contributed by atoms with Gasteiger partial charge in [-0.15, -0.1) is 0 Å². The van der Waals surface area contributed by atoms with Crippen molar-refractivity contribution in [3.05, 3.63) is 335 Å². The number of aryl methyl sites for hydroxylation is 3. The zero-order valence-corrected chi connectivity index (χ0v) is 83.0. The number of rotatable bonds is 23. The second-order valence-corrected chi connectivity index (χ2v) is 46.5. The Kier molecular flexibility index (Phi) is 31.2. The molecule has 4 atom stereocenters. The maximum Gasteiger partial charge on any atom is 0.211 e. The van der Waals surface area contributed by atoms with Crippen molar-refractivity contribution in [3.8, 4) is 0 Å². The Bertz CT molecular complexity index is 6380. The molecule has 32 heteroatoms. The highest BCUT2D eigenvalue weighted by molar-refractivity contribution is 7.89. The van der Waals surface area contributed by atoms with E-state index in [4.69, 9.17) is 66.3 Å². The van der Waals surface area contributed by atoms with Gasteiger partial charge in [0.1, 0.15) is 0 Å². The van der Waals surface area contributed by atoms with Crippen molar-refractivity contribution in [3.63, 3.8) is 0 Å². The van der Waals surface area contributed by atoms with E-state index < -0.39 is 40.1 Å². The topological polar surface area (TPSA) is 316 Å². The van der Waals surface area contributed by atoms with Gasteiger partial charge in [0.2, 0.25) is 40.1 Å². The number of hydrogen-bond acceptors (Lipinski definition) is 16. The molecule has 4 aromatic carbocycles. The monoisotopic (exact) mass is 1980 g/mol. The molecule has 8 aliphatic rings. The number of benzene rings is 4. The Morgan fingerprint density at radius 1 is 0.331 bits per heavy atom. The molecule has 4 aliphatic carbocycles. The van der Waals surface area contributed by atoms with Gasteiger partial charge in [-0.1, -0.05) is 125 Å². The molecule has 4 N–H and O–H groups in total. The predicted molar refractivity (Wildman–Crippen MR) is 545 cm³/mol. The second kappa shape index (κ2) is 43.5. The number of imidazole rings is 4. The van der Waals surface area contributed by atoms with Gasteiger partial charge in [0.25, 0.3) is 0 Å². The van der Waals surface area contributed by atoms with Gasteiger partial charge in [-0.05, 0) is 302 Å². The zero-order chi connectivity index (χ0) is 94.8. The molecule has 24 nitrogen and oxygen atoms in total. The average Bonchev–Trinajstić information content (AvgIpc) is 1.60. The molecule has 4 aliphatic heterocycles. The summed E-state index contributed by atoms with van der Waals surface area (Å²) in [5.41, 5.74) is 27.8. The van der Waals surface area contributed by atoms with Crippen molar-refractivity contribution in [2.75, 3.05) is 77.4 Å². The first kappa shape index (κ1) is 97.5. The number of piperidine rings is 4. The Balaban J connectivity index is 0.000000126. The first-order valence-electron chi connectivity index (χ1n) is 46.8. The molecule has 20 rings (SSSR count). The van der Waals surface area contributed by atoms with Crippen LogP contribution in [0, 0.1) is 23.7 Å². The van der Waals surface area contributed by atoms with Crippen molar-refractivity contribution >= 4 is 139 Å². The van der Waals surface area contributed by atoms with Crippen molar-refractivity contribution in [2.45, 2.75) is 139 Å². The standard InChI is InChI=1S/3C26H29ClN4O2S.C26H27ClN4O2S/c4*1-34(32,33)31-12-9-18(10-13-31)25-23-8-7-21(27)15-20(23)14-19(24-6-3-11-29-26(24)25)4-2-5-22-16-28-17-30-22/h3*3,6-8,11,14-18,25H,2,4-5,9-10,12-13H2,1H3,(H,28,30);2-3,5-8,11,14-18,25H,4,9-10,12-13H2,1H3,(H,28,30)/b;;;5-2+. The molecule has 4 unspecified atom stereocenters. The fraction of sp³-hybridized carbons (Fsp3) is 0.365. The number of aromatic nitrogens is 12. The van der Waals surface area contributed by atoms with Crippen LogP contribution in [0.5, 0.6) is 0 Å². The van der Waals surface area contributed by atoms with Crippen LogP contribution >= 0.6 is 46.4 Å². The second-order valence-electron chi connectivity index (χ2n) is 36.8. The fourth-order valence-corrected chi connectivity index (χ4v) is 25.6. The number of hydrogen-bond donors (Lipinski definition) is 4. The van der Waals surface area contributed by atoms with Crippen LogP contribution in [0.1, 0.15) is 232 Å². The smallest absolute Gasteiger partial charge is 0.211 e. The third kappa shape index (κ3) is 23.5. The summed E-state index contributed by atoms with van der Waals surface area (Å²) in [5, 5.41) is 2.86. The Morgan fingerprint density at radius 2 is 0.588 bits per heavy atom. The van der Waals surface area contributed by atoms with Gasteiger partial charge < -0.3 is 19.9 Å². The molecule has 136 heavy (non-hydrogen) atoms. The highest BCUT2D eigenvalue weighted by Crippen LogP contribution is 2.52. The van der Waals surface area contributed by atoms with Crippen LogP contribution in [0.2, 0.25) is 20.1 Å². The van der Waals surface area contributed by atoms with Crippen LogP contribution in [-0.2, 0) is 59.4 Å². The zero-order valence-electron chi connectivity index (χ0n) is 76.7. The van der Waals surface area contributed by atoms with E-state index in [-0.39, 0.29) is 23.7 Å². The average molecular weight is 1990 g/mol. The summed E-state index contributed by atoms with van der Waals surface area (Å²) in [6.07, 6.45) is 55.9. The Morgan fingerprint density at radius 3 is 0.838 bits per heavy atom. The number of H-pyrrole nitrogens is 4. The molecule has 710 valence electrons. The Hall–Kier alpha value is -10.2. The van der Waals surface area contributed by atoms with E-state index in [1.54, 1.807) is 48.7 Å².